The lowest BCUT2D eigenvalue weighted by molar-refractivity contribution is 0.101. The molecule has 74 valence electrons. The van der Waals surface area contributed by atoms with Crippen LogP contribution in [-0.2, 0) is 6.42 Å². The lowest BCUT2D eigenvalue weighted by atomic mass is 10.1. The van der Waals surface area contributed by atoms with Crippen molar-refractivity contribution in [3.63, 3.8) is 0 Å². The molecule has 2 nitrogen and oxygen atoms in total. The third-order valence-electron chi connectivity index (χ3n) is 2.68. The number of likely N-dealkylation sites (N-methyl/N-ethyl adjacent to an activating group) is 1. The van der Waals surface area contributed by atoms with Crippen molar-refractivity contribution in [2.24, 2.45) is 0 Å². The number of fused-ring (bicyclic) bond motifs is 1. The molecular weight excluding hydrogens is 198 g/mol. The van der Waals surface area contributed by atoms with Crippen LogP contribution in [0.25, 0.3) is 0 Å². The monoisotopic (exact) mass is 209 g/mol. The van der Waals surface area contributed by atoms with Crippen molar-refractivity contribution in [2.75, 3.05) is 18.5 Å². The van der Waals surface area contributed by atoms with E-state index in [-0.39, 0.29) is 5.78 Å². The van der Waals surface area contributed by atoms with Gasteiger partial charge in [-0.2, -0.15) is 0 Å². The molecule has 2 rings (SSSR count). The third kappa shape index (κ3) is 1.40. The predicted octanol–water partition coefficient (Wildman–Crippen LogP) is 2.53. The minimum atomic E-state index is 0.0346. The molecule has 1 aliphatic rings. The zero-order chi connectivity index (χ0) is 10.3. The highest BCUT2D eigenvalue weighted by molar-refractivity contribution is 6.34. The van der Waals surface area contributed by atoms with Crippen molar-refractivity contribution < 1.29 is 4.79 Å². The Kier molecular flexibility index (Phi) is 2.23. The first kappa shape index (κ1) is 9.53. The molecule has 0 atom stereocenters. The highest BCUT2D eigenvalue weighted by Crippen LogP contribution is 2.32. The molecule has 0 saturated carbocycles. The second-order valence-corrected chi connectivity index (χ2v) is 4.10. The van der Waals surface area contributed by atoms with E-state index in [0.29, 0.717) is 10.6 Å². The zero-order valence-electron chi connectivity index (χ0n) is 8.30. The third-order valence-corrected chi connectivity index (χ3v) is 2.99. The van der Waals surface area contributed by atoms with Crippen LogP contribution in [-0.4, -0.2) is 19.4 Å². The molecule has 0 N–H and O–H groups in total. The largest absolute Gasteiger partial charge is 0.374 e. The maximum absolute atomic E-state index is 11.2. The predicted molar refractivity (Wildman–Crippen MR) is 58.4 cm³/mol. The van der Waals surface area contributed by atoms with Gasteiger partial charge in [0.15, 0.2) is 5.78 Å². The standard InChI is InChI=1S/C11H12ClNO/c1-7(14)9-5-8-3-4-13(2)11(8)6-10(9)12/h5-6H,3-4H2,1-2H3. The Labute approximate surface area is 88.5 Å². The van der Waals surface area contributed by atoms with Gasteiger partial charge >= 0.3 is 0 Å². The summed E-state index contributed by atoms with van der Waals surface area (Å²) in [6.07, 6.45) is 1.00. The number of rotatable bonds is 1. The van der Waals surface area contributed by atoms with Crippen LogP contribution in [0.2, 0.25) is 5.02 Å². The van der Waals surface area contributed by atoms with Gasteiger partial charge in [0, 0.05) is 24.8 Å². The van der Waals surface area contributed by atoms with Crippen LogP contribution in [0.5, 0.6) is 0 Å². The lowest BCUT2D eigenvalue weighted by Gasteiger charge is -2.12. The summed E-state index contributed by atoms with van der Waals surface area (Å²) in [5.41, 5.74) is 3.02. The molecule has 0 aliphatic carbocycles. The van der Waals surface area contributed by atoms with Gasteiger partial charge in [0.2, 0.25) is 0 Å². The molecule has 0 radical (unpaired) electrons. The number of carbonyl (C=O) groups is 1. The first-order chi connectivity index (χ1) is 6.59. The highest BCUT2D eigenvalue weighted by Gasteiger charge is 2.19. The van der Waals surface area contributed by atoms with Gasteiger partial charge < -0.3 is 4.90 Å². The van der Waals surface area contributed by atoms with Crippen molar-refractivity contribution in [3.05, 3.63) is 28.3 Å². The number of Topliss-reactive ketones (excluding diaryl/α,β-unsaturated/α-hetero) is 1. The van der Waals surface area contributed by atoms with Crippen molar-refractivity contribution in [3.8, 4) is 0 Å². The van der Waals surface area contributed by atoms with Gasteiger partial charge in [-0.25, -0.2) is 0 Å². The van der Waals surface area contributed by atoms with Crippen molar-refractivity contribution >= 4 is 23.1 Å². The fourth-order valence-corrected chi connectivity index (χ4v) is 2.13. The van der Waals surface area contributed by atoms with E-state index in [4.69, 9.17) is 11.6 Å². The lowest BCUT2D eigenvalue weighted by Crippen LogP contribution is -2.12. The van der Waals surface area contributed by atoms with Crippen LogP contribution in [0.15, 0.2) is 12.1 Å². The van der Waals surface area contributed by atoms with Crippen molar-refractivity contribution in [1.82, 2.24) is 0 Å². The Bertz CT molecular complexity index is 401. The SMILES string of the molecule is CC(=O)c1cc2c(cc1Cl)N(C)CC2. The molecule has 0 saturated heterocycles. The second kappa shape index (κ2) is 3.28. The average Bonchev–Trinajstić information content (AvgIpc) is 2.46. The Morgan fingerprint density at radius 3 is 2.86 bits per heavy atom. The van der Waals surface area contributed by atoms with E-state index in [1.54, 1.807) is 6.92 Å². The molecule has 1 aromatic carbocycles. The van der Waals surface area contributed by atoms with Gasteiger partial charge in [-0.1, -0.05) is 11.6 Å². The van der Waals surface area contributed by atoms with Gasteiger partial charge in [0.25, 0.3) is 0 Å². The topological polar surface area (TPSA) is 20.3 Å². The molecule has 0 fully saturated rings. The first-order valence-corrected chi connectivity index (χ1v) is 5.02. The highest BCUT2D eigenvalue weighted by atomic mass is 35.5. The molecular formula is C11H12ClNO. The quantitative estimate of drug-likeness (QED) is 0.663. The van der Waals surface area contributed by atoms with E-state index >= 15 is 0 Å². The van der Waals surface area contributed by atoms with E-state index < -0.39 is 0 Å². The summed E-state index contributed by atoms with van der Waals surface area (Å²) >= 11 is 6.02. The van der Waals surface area contributed by atoms with E-state index in [1.165, 1.54) is 5.56 Å². The van der Waals surface area contributed by atoms with E-state index in [1.807, 2.05) is 19.2 Å². The number of hydrogen-bond acceptors (Lipinski definition) is 2. The molecule has 3 heteroatoms. The van der Waals surface area contributed by atoms with Gasteiger partial charge in [-0.05, 0) is 31.0 Å². The zero-order valence-corrected chi connectivity index (χ0v) is 9.06. The normalized spacial score (nSPS) is 14.4. The van der Waals surface area contributed by atoms with Gasteiger partial charge in [0.1, 0.15) is 0 Å². The fourth-order valence-electron chi connectivity index (χ4n) is 1.84. The summed E-state index contributed by atoms with van der Waals surface area (Å²) in [6, 6.07) is 3.81. The number of benzene rings is 1. The molecule has 0 bridgehead atoms. The van der Waals surface area contributed by atoms with Crippen LogP contribution in [0.3, 0.4) is 0 Å². The molecule has 0 spiro atoms. The Morgan fingerprint density at radius 1 is 1.50 bits per heavy atom. The number of anilines is 1. The molecule has 1 heterocycles. The molecule has 0 unspecified atom stereocenters. The molecule has 14 heavy (non-hydrogen) atoms. The molecule has 0 amide bonds. The average molecular weight is 210 g/mol. The molecule has 1 aliphatic heterocycles. The summed E-state index contributed by atoms with van der Waals surface area (Å²) < 4.78 is 0. The number of nitrogens with zero attached hydrogens (tertiary/aromatic N) is 1. The Morgan fingerprint density at radius 2 is 2.21 bits per heavy atom. The number of hydrogen-bond donors (Lipinski definition) is 0. The van der Waals surface area contributed by atoms with Gasteiger partial charge in [-0.15, -0.1) is 0 Å². The molecule has 1 aromatic rings. The van der Waals surface area contributed by atoms with E-state index in [9.17, 15) is 4.79 Å². The number of carbonyl (C=O) groups excluding carboxylic acids is 1. The number of halogens is 1. The minimum absolute atomic E-state index is 0.0346. The van der Waals surface area contributed by atoms with Crippen LogP contribution >= 0.6 is 11.6 Å². The summed E-state index contributed by atoms with van der Waals surface area (Å²) in [5.74, 6) is 0.0346. The van der Waals surface area contributed by atoms with Crippen molar-refractivity contribution in [1.29, 1.82) is 0 Å². The minimum Gasteiger partial charge on any atom is -0.374 e. The van der Waals surface area contributed by atoms with Crippen LogP contribution < -0.4 is 4.90 Å². The summed E-state index contributed by atoms with van der Waals surface area (Å²) in [7, 11) is 2.04. The van der Waals surface area contributed by atoms with Crippen LogP contribution in [0.1, 0.15) is 22.8 Å². The molecule has 0 aromatic heterocycles. The maximum Gasteiger partial charge on any atom is 0.161 e. The maximum atomic E-state index is 11.2. The smallest absolute Gasteiger partial charge is 0.161 e. The first-order valence-electron chi connectivity index (χ1n) is 4.64. The summed E-state index contributed by atoms with van der Waals surface area (Å²) in [5, 5.41) is 0.560. The van der Waals surface area contributed by atoms with E-state index in [0.717, 1.165) is 18.7 Å². The second-order valence-electron chi connectivity index (χ2n) is 3.69. The van der Waals surface area contributed by atoms with E-state index in [2.05, 4.69) is 4.90 Å². The van der Waals surface area contributed by atoms with Gasteiger partial charge in [0.05, 0.1) is 5.02 Å². The Hall–Kier alpha value is -1.02. The summed E-state index contributed by atoms with van der Waals surface area (Å²) in [4.78, 5) is 13.4. The van der Waals surface area contributed by atoms with Gasteiger partial charge in [-0.3, -0.25) is 4.79 Å². The summed E-state index contributed by atoms with van der Waals surface area (Å²) in [6.45, 7) is 2.55. The fraction of sp³-hybridized carbons (Fsp3) is 0.364. The Balaban J connectivity index is 2.55. The van der Waals surface area contributed by atoms with Crippen LogP contribution in [0.4, 0.5) is 5.69 Å². The van der Waals surface area contributed by atoms with Crippen LogP contribution in [0, 0.1) is 0 Å². The number of ketones is 1. The van der Waals surface area contributed by atoms with Crippen molar-refractivity contribution in [2.45, 2.75) is 13.3 Å².